The van der Waals surface area contributed by atoms with Gasteiger partial charge in [-0.1, -0.05) is 37.3 Å². The molecule has 0 radical (unpaired) electrons. The van der Waals surface area contributed by atoms with Gasteiger partial charge in [0.05, 0.1) is 12.3 Å². The molecule has 1 amide bonds. The van der Waals surface area contributed by atoms with E-state index in [4.69, 9.17) is 4.74 Å². The third-order valence-corrected chi connectivity index (χ3v) is 3.11. The second kappa shape index (κ2) is 6.32. The summed E-state index contributed by atoms with van der Waals surface area (Å²) in [6.45, 7) is 3.74. The summed E-state index contributed by atoms with van der Waals surface area (Å²) in [5.74, 6) is -0.763. The van der Waals surface area contributed by atoms with Gasteiger partial charge in [-0.15, -0.1) is 0 Å². The van der Waals surface area contributed by atoms with Crippen molar-refractivity contribution in [3.63, 3.8) is 0 Å². The van der Waals surface area contributed by atoms with Crippen molar-refractivity contribution in [2.24, 2.45) is 11.0 Å². The van der Waals surface area contributed by atoms with E-state index in [-0.39, 0.29) is 18.4 Å². The van der Waals surface area contributed by atoms with Crippen molar-refractivity contribution in [1.29, 1.82) is 0 Å². The van der Waals surface area contributed by atoms with E-state index in [9.17, 15) is 9.59 Å². The van der Waals surface area contributed by atoms with Gasteiger partial charge in [0.2, 0.25) is 5.91 Å². The molecule has 1 heterocycles. The Balaban J connectivity index is 2.21. The molecule has 5 nitrogen and oxygen atoms in total. The minimum Gasteiger partial charge on any atom is -0.465 e. The topological polar surface area (TPSA) is 59.0 Å². The van der Waals surface area contributed by atoms with Gasteiger partial charge in [-0.3, -0.25) is 9.59 Å². The van der Waals surface area contributed by atoms with Gasteiger partial charge >= 0.3 is 5.97 Å². The SMILES string of the molecule is CCOC(=O)CN1N=C(c2ccccc2)CC(C)C1=O. The van der Waals surface area contributed by atoms with Crippen LogP contribution in [0.3, 0.4) is 0 Å². The van der Waals surface area contributed by atoms with Gasteiger partial charge in [0.15, 0.2) is 0 Å². The number of hydrogen-bond acceptors (Lipinski definition) is 4. The first kappa shape index (κ1) is 14.2. The van der Waals surface area contributed by atoms with Gasteiger partial charge in [-0.25, -0.2) is 5.01 Å². The van der Waals surface area contributed by atoms with Crippen molar-refractivity contribution >= 4 is 17.6 Å². The number of benzene rings is 1. The van der Waals surface area contributed by atoms with Crippen LogP contribution < -0.4 is 0 Å². The first-order valence-electron chi connectivity index (χ1n) is 6.71. The van der Waals surface area contributed by atoms with Crippen molar-refractivity contribution in [2.45, 2.75) is 20.3 Å². The molecule has 1 aromatic rings. The van der Waals surface area contributed by atoms with Crippen LogP contribution >= 0.6 is 0 Å². The molecule has 0 N–H and O–H groups in total. The Morgan fingerprint density at radius 2 is 2.10 bits per heavy atom. The molecule has 0 fully saturated rings. The van der Waals surface area contributed by atoms with E-state index >= 15 is 0 Å². The zero-order valence-corrected chi connectivity index (χ0v) is 11.7. The monoisotopic (exact) mass is 274 g/mol. The van der Waals surface area contributed by atoms with Gasteiger partial charge in [0.25, 0.3) is 0 Å². The average molecular weight is 274 g/mol. The summed E-state index contributed by atoms with van der Waals surface area (Å²) in [5, 5.41) is 5.52. The number of ether oxygens (including phenoxy) is 1. The molecule has 20 heavy (non-hydrogen) atoms. The van der Waals surface area contributed by atoms with Crippen LogP contribution in [0.15, 0.2) is 35.4 Å². The molecule has 0 aliphatic carbocycles. The first-order valence-corrected chi connectivity index (χ1v) is 6.71. The Kier molecular flexibility index (Phi) is 4.50. The van der Waals surface area contributed by atoms with Gasteiger partial charge in [-0.05, 0) is 12.5 Å². The summed E-state index contributed by atoms with van der Waals surface area (Å²) in [6.07, 6.45) is 0.585. The predicted molar refractivity (Wildman–Crippen MR) is 75.1 cm³/mol. The summed E-state index contributed by atoms with van der Waals surface area (Å²) in [4.78, 5) is 23.6. The number of hydrazone groups is 1. The Bertz CT molecular complexity index is 525. The molecule has 0 bridgehead atoms. The third-order valence-electron chi connectivity index (χ3n) is 3.11. The lowest BCUT2D eigenvalue weighted by molar-refractivity contribution is -0.150. The third kappa shape index (κ3) is 3.23. The van der Waals surface area contributed by atoms with Crippen LogP contribution in [0.1, 0.15) is 25.8 Å². The van der Waals surface area contributed by atoms with E-state index in [1.807, 2.05) is 37.3 Å². The minimum absolute atomic E-state index is 0.132. The number of esters is 1. The van der Waals surface area contributed by atoms with Crippen LogP contribution in [0, 0.1) is 5.92 Å². The summed E-state index contributed by atoms with van der Waals surface area (Å²) in [7, 11) is 0. The maximum absolute atomic E-state index is 12.1. The molecule has 0 spiro atoms. The number of amides is 1. The summed E-state index contributed by atoms with van der Waals surface area (Å²) < 4.78 is 4.87. The molecule has 1 aromatic carbocycles. The molecular formula is C15H18N2O3. The fourth-order valence-electron chi connectivity index (χ4n) is 2.12. The maximum Gasteiger partial charge on any atom is 0.327 e. The van der Waals surface area contributed by atoms with Crippen LogP contribution in [-0.4, -0.2) is 35.7 Å². The number of nitrogens with zero attached hydrogens (tertiary/aromatic N) is 2. The number of hydrogen-bond donors (Lipinski definition) is 0. The zero-order valence-electron chi connectivity index (χ0n) is 11.7. The van der Waals surface area contributed by atoms with Crippen LogP contribution in [0.2, 0.25) is 0 Å². The number of carbonyl (C=O) groups is 2. The lowest BCUT2D eigenvalue weighted by atomic mass is 9.96. The summed E-state index contributed by atoms with van der Waals surface area (Å²) in [5.41, 5.74) is 1.79. The predicted octanol–water partition coefficient (Wildman–Crippen LogP) is 1.82. The zero-order chi connectivity index (χ0) is 14.5. The average Bonchev–Trinajstić information content (AvgIpc) is 2.45. The minimum atomic E-state index is -0.439. The molecule has 2 rings (SSSR count). The number of rotatable bonds is 4. The van der Waals surface area contributed by atoms with Gasteiger partial charge in [0.1, 0.15) is 6.54 Å². The van der Waals surface area contributed by atoms with E-state index in [2.05, 4.69) is 5.10 Å². The Morgan fingerprint density at radius 1 is 1.40 bits per heavy atom. The molecule has 0 aromatic heterocycles. The highest BCUT2D eigenvalue weighted by Crippen LogP contribution is 2.19. The van der Waals surface area contributed by atoms with Crippen LogP contribution in [-0.2, 0) is 14.3 Å². The molecular weight excluding hydrogens is 256 g/mol. The van der Waals surface area contributed by atoms with Crippen molar-refractivity contribution in [3.8, 4) is 0 Å². The molecule has 106 valence electrons. The van der Waals surface area contributed by atoms with Crippen LogP contribution in [0.25, 0.3) is 0 Å². The van der Waals surface area contributed by atoms with Crippen molar-refractivity contribution in [3.05, 3.63) is 35.9 Å². The maximum atomic E-state index is 12.1. The smallest absolute Gasteiger partial charge is 0.327 e. The van der Waals surface area contributed by atoms with Crippen LogP contribution in [0.5, 0.6) is 0 Å². The van der Waals surface area contributed by atoms with Crippen molar-refractivity contribution < 1.29 is 14.3 Å². The molecule has 0 saturated carbocycles. The quantitative estimate of drug-likeness (QED) is 0.787. The van der Waals surface area contributed by atoms with Gasteiger partial charge in [-0.2, -0.15) is 5.10 Å². The fraction of sp³-hybridized carbons (Fsp3) is 0.400. The lowest BCUT2D eigenvalue weighted by Gasteiger charge is -2.27. The van der Waals surface area contributed by atoms with E-state index in [1.165, 1.54) is 5.01 Å². The molecule has 1 unspecified atom stereocenters. The standard InChI is InChI=1S/C15H18N2O3/c1-3-20-14(18)10-17-15(19)11(2)9-13(16-17)12-7-5-4-6-8-12/h4-8,11H,3,9-10H2,1-2H3. The van der Waals surface area contributed by atoms with E-state index in [1.54, 1.807) is 6.92 Å². The normalized spacial score (nSPS) is 18.7. The van der Waals surface area contributed by atoms with Crippen molar-refractivity contribution in [2.75, 3.05) is 13.2 Å². The van der Waals surface area contributed by atoms with E-state index in [0.717, 1.165) is 11.3 Å². The molecule has 1 aliphatic heterocycles. The first-order chi connectivity index (χ1) is 9.61. The van der Waals surface area contributed by atoms with E-state index in [0.29, 0.717) is 13.0 Å². The summed E-state index contributed by atoms with van der Waals surface area (Å²) >= 11 is 0. The Morgan fingerprint density at radius 3 is 2.75 bits per heavy atom. The molecule has 1 aliphatic rings. The highest BCUT2D eigenvalue weighted by atomic mass is 16.5. The van der Waals surface area contributed by atoms with Gasteiger partial charge < -0.3 is 4.74 Å². The molecule has 0 saturated heterocycles. The lowest BCUT2D eigenvalue weighted by Crippen LogP contribution is -2.40. The van der Waals surface area contributed by atoms with E-state index < -0.39 is 5.97 Å². The Hall–Kier alpha value is -2.17. The highest BCUT2D eigenvalue weighted by Gasteiger charge is 2.29. The van der Waals surface area contributed by atoms with Gasteiger partial charge in [0, 0.05) is 12.3 Å². The highest BCUT2D eigenvalue weighted by molar-refractivity contribution is 6.05. The molecule has 5 heteroatoms. The Labute approximate surface area is 118 Å². The van der Waals surface area contributed by atoms with Crippen LogP contribution in [0.4, 0.5) is 0 Å². The largest absolute Gasteiger partial charge is 0.465 e. The number of carbonyl (C=O) groups excluding carboxylic acids is 2. The molecule has 1 atom stereocenters. The summed E-state index contributed by atoms with van der Waals surface area (Å²) in [6, 6.07) is 9.68. The second-order valence-electron chi connectivity index (χ2n) is 4.72. The van der Waals surface area contributed by atoms with Crippen molar-refractivity contribution in [1.82, 2.24) is 5.01 Å². The fourth-order valence-corrected chi connectivity index (χ4v) is 2.12. The second-order valence-corrected chi connectivity index (χ2v) is 4.72.